The molecule has 1 aromatic rings. The van der Waals surface area contributed by atoms with Crippen LogP contribution in [0.3, 0.4) is 0 Å². The highest BCUT2D eigenvalue weighted by Gasteiger charge is 2.43. The van der Waals surface area contributed by atoms with Crippen molar-refractivity contribution in [1.29, 1.82) is 0 Å². The zero-order chi connectivity index (χ0) is 15.5. The van der Waals surface area contributed by atoms with Crippen LogP contribution in [0.1, 0.15) is 56.7 Å². The Morgan fingerprint density at radius 1 is 1.52 bits per heavy atom. The summed E-state index contributed by atoms with van der Waals surface area (Å²) in [6, 6.07) is 6.14. The molecule has 0 spiro atoms. The molecule has 4 heteroatoms. The Morgan fingerprint density at radius 3 is 2.86 bits per heavy atom. The van der Waals surface area contributed by atoms with Gasteiger partial charge in [-0.15, -0.1) is 0 Å². The fourth-order valence-electron chi connectivity index (χ4n) is 3.65. The zero-order valence-corrected chi connectivity index (χ0v) is 14.0. The van der Waals surface area contributed by atoms with E-state index < -0.39 is 0 Å². The lowest BCUT2D eigenvalue weighted by atomic mass is 9.73. The number of hydrazine groups is 1. The lowest BCUT2D eigenvalue weighted by molar-refractivity contribution is -0.102. The molecule has 21 heavy (non-hydrogen) atoms. The highest BCUT2D eigenvalue weighted by atomic mass is 35.5. The maximum absolute atomic E-state index is 6.30. The van der Waals surface area contributed by atoms with Crippen molar-refractivity contribution in [3.8, 4) is 0 Å². The molecule has 3 N–H and O–H groups in total. The Morgan fingerprint density at radius 2 is 2.29 bits per heavy atom. The molecular formula is C17H27ClN2O. The number of hydrogen-bond acceptors (Lipinski definition) is 3. The van der Waals surface area contributed by atoms with Crippen LogP contribution in [0.2, 0.25) is 5.02 Å². The number of benzene rings is 1. The van der Waals surface area contributed by atoms with E-state index in [0.29, 0.717) is 12.5 Å². The van der Waals surface area contributed by atoms with Crippen molar-refractivity contribution >= 4 is 11.6 Å². The minimum atomic E-state index is -0.236. The van der Waals surface area contributed by atoms with Crippen LogP contribution < -0.4 is 11.3 Å². The predicted molar refractivity (Wildman–Crippen MR) is 88.2 cm³/mol. The third kappa shape index (κ3) is 3.59. The average molecular weight is 311 g/mol. The van der Waals surface area contributed by atoms with Gasteiger partial charge in [-0.2, -0.15) is 0 Å². The van der Waals surface area contributed by atoms with Gasteiger partial charge in [0, 0.05) is 11.6 Å². The summed E-state index contributed by atoms with van der Waals surface area (Å²) < 4.78 is 6.23. The van der Waals surface area contributed by atoms with E-state index in [2.05, 4.69) is 25.3 Å². The second-order valence-electron chi connectivity index (χ2n) is 6.31. The summed E-state index contributed by atoms with van der Waals surface area (Å²) in [5, 5.41) is 0.781. The summed E-state index contributed by atoms with van der Waals surface area (Å²) >= 11 is 6.30. The number of ether oxygens (including phenoxy) is 1. The van der Waals surface area contributed by atoms with Crippen molar-refractivity contribution in [2.75, 3.05) is 6.61 Å². The van der Waals surface area contributed by atoms with Crippen molar-refractivity contribution < 1.29 is 4.74 Å². The second kappa shape index (κ2) is 7.10. The minimum Gasteiger partial charge on any atom is -0.373 e. The van der Waals surface area contributed by atoms with Crippen molar-refractivity contribution in [3.05, 3.63) is 34.3 Å². The van der Waals surface area contributed by atoms with Crippen LogP contribution in [0.15, 0.2) is 18.2 Å². The monoisotopic (exact) mass is 310 g/mol. The van der Waals surface area contributed by atoms with Crippen LogP contribution in [0.25, 0.3) is 0 Å². The van der Waals surface area contributed by atoms with E-state index in [1.165, 1.54) is 12.8 Å². The van der Waals surface area contributed by atoms with E-state index in [9.17, 15) is 0 Å². The summed E-state index contributed by atoms with van der Waals surface area (Å²) in [7, 11) is 0. The van der Waals surface area contributed by atoms with Gasteiger partial charge in [0.15, 0.2) is 0 Å². The molecular weight excluding hydrogens is 284 g/mol. The van der Waals surface area contributed by atoms with E-state index in [1.807, 2.05) is 19.1 Å². The smallest absolute Gasteiger partial charge is 0.0891 e. The van der Waals surface area contributed by atoms with E-state index in [1.54, 1.807) is 0 Å². The van der Waals surface area contributed by atoms with Gasteiger partial charge in [0.1, 0.15) is 0 Å². The first-order chi connectivity index (χ1) is 10.0. The zero-order valence-electron chi connectivity index (χ0n) is 13.3. The summed E-state index contributed by atoms with van der Waals surface area (Å²) in [5.74, 6) is 6.57. The normalized spacial score (nSPS) is 27.6. The lowest BCUT2D eigenvalue weighted by Gasteiger charge is -2.45. The molecule has 1 fully saturated rings. The van der Waals surface area contributed by atoms with Crippen LogP contribution >= 0.6 is 11.6 Å². The van der Waals surface area contributed by atoms with E-state index >= 15 is 0 Å². The Balaban J connectivity index is 2.37. The largest absolute Gasteiger partial charge is 0.373 e. The Bertz CT molecular complexity index is 476. The van der Waals surface area contributed by atoms with Gasteiger partial charge < -0.3 is 4.74 Å². The van der Waals surface area contributed by atoms with Gasteiger partial charge in [0.25, 0.3) is 0 Å². The van der Waals surface area contributed by atoms with E-state index in [4.69, 9.17) is 22.2 Å². The van der Waals surface area contributed by atoms with Gasteiger partial charge in [0.2, 0.25) is 0 Å². The number of halogens is 1. The van der Waals surface area contributed by atoms with Crippen molar-refractivity contribution in [1.82, 2.24) is 5.43 Å². The molecule has 118 valence electrons. The van der Waals surface area contributed by atoms with Gasteiger partial charge in [-0.3, -0.25) is 11.3 Å². The van der Waals surface area contributed by atoms with Crippen LogP contribution in [-0.4, -0.2) is 12.2 Å². The van der Waals surface area contributed by atoms with Crippen LogP contribution in [0, 0.1) is 12.8 Å². The molecule has 1 aliphatic rings. The fraction of sp³-hybridized carbons (Fsp3) is 0.647. The van der Waals surface area contributed by atoms with E-state index in [0.717, 1.165) is 29.0 Å². The first kappa shape index (κ1) is 16.8. The molecule has 3 atom stereocenters. The summed E-state index contributed by atoms with van der Waals surface area (Å²) in [4.78, 5) is 0. The molecule has 2 rings (SSSR count). The standard InChI is InChI=1S/C17H27ClN2O/c1-4-21-17(9-5-6-12(2)11-17)16(20-19)14-8-7-13(3)15(18)10-14/h7-8,10,12,16,20H,4-6,9,11,19H2,1-3H3. The molecule has 0 radical (unpaired) electrons. The quantitative estimate of drug-likeness (QED) is 0.635. The molecule has 1 aliphatic carbocycles. The molecule has 1 aromatic carbocycles. The van der Waals surface area contributed by atoms with Gasteiger partial charge in [0.05, 0.1) is 11.6 Å². The molecule has 1 saturated carbocycles. The van der Waals surface area contributed by atoms with E-state index in [-0.39, 0.29) is 11.6 Å². The minimum absolute atomic E-state index is 0.0294. The van der Waals surface area contributed by atoms with Gasteiger partial charge in [-0.25, -0.2) is 0 Å². The molecule has 0 heterocycles. The molecule has 0 bridgehead atoms. The van der Waals surface area contributed by atoms with Crippen LogP contribution in [0.5, 0.6) is 0 Å². The van der Waals surface area contributed by atoms with Crippen LogP contribution in [-0.2, 0) is 4.74 Å². The molecule has 3 nitrogen and oxygen atoms in total. The highest BCUT2D eigenvalue weighted by Crippen LogP contribution is 2.43. The lowest BCUT2D eigenvalue weighted by Crippen LogP contribution is -2.51. The topological polar surface area (TPSA) is 47.3 Å². The first-order valence-corrected chi connectivity index (χ1v) is 8.26. The SMILES string of the molecule is CCOC1(C(NN)c2ccc(C)c(Cl)c2)CCCC(C)C1. The number of hydrogen-bond donors (Lipinski definition) is 2. The molecule has 0 aromatic heterocycles. The highest BCUT2D eigenvalue weighted by molar-refractivity contribution is 6.31. The summed E-state index contributed by atoms with van der Waals surface area (Å²) in [6.07, 6.45) is 4.51. The van der Waals surface area contributed by atoms with Gasteiger partial charge in [-0.1, -0.05) is 43.5 Å². The van der Waals surface area contributed by atoms with Crippen LogP contribution in [0.4, 0.5) is 0 Å². The van der Waals surface area contributed by atoms with Crippen molar-refractivity contribution in [2.45, 2.75) is 58.1 Å². The number of rotatable bonds is 5. The van der Waals surface area contributed by atoms with Gasteiger partial charge >= 0.3 is 0 Å². The third-order valence-electron chi connectivity index (χ3n) is 4.64. The molecule has 3 unspecified atom stereocenters. The number of nitrogens with two attached hydrogens (primary N) is 1. The van der Waals surface area contributed by atoms with Crippen molar-refractivity contribution in [2.24, 2.45) is 11.8 Å². The summed E-state index contributed by atoms with van der Waals surface area (Å²) in [5.41, 5.74) is 4.95. The fourth-order valence-corrected chi connectivity index (χ4v) is 3.84. The first-order valence-electron chi connectivity index (χ1n) is 7.88. The predicted octanol–water partition coefficient (Wildman–Crippen LogP) is 4.14. The molecule has 0 amide bonds. The Kier molecular flexibility index (Phi) is 5.67. The third-order valence-corrected chi connectivity index (χ3v) is 5.05. The Labute approximate surface area is 133 Å². The maximum Gasteiger partial charge on any atom is 0.0891 e. The molecule has 0 aliphatic heterocycles. The number of nitrogens with one attached hydrogen (secondary N) is 1. The summed E-state index contributed by atoms with van der Waals surface area (Å²) in [6.45, 7) is 7.06. The Hall–Kier alpha value is -0.610. The van der Waals surface area contributed by atoms with Crippen molar-refractivity contribution in [3.63, 3.8) is 0 Å². The molecule has 0 saturated heterocycles. The number of aryl methyl sites for hydroxylation is 1. The van der Waals surface area contributed by atoms with Gasteiger partial charge in [-0.05, 0) is 49.8 Å². The second-order valence-corrected chi connectivity index (χ2v) is 6.71. The maximum atomic E-state index is 6.30. The average Bonchev–Trinajstić information content (AvgIpc) is 2.44.